The summed E-state index contributed by atoms with van der Waals surface area (Å²) in [6.45, 7) is 5.17. The number of hydrogen-bond acceptors (Lipinski definition) is 8. The summed E-state index contributed by atoms with van der Waals surface area (Å²) in [5, 5.41) is 10.0. The first-order valence-corrected chi connectivity index (χ1v) is 10.2. The van der Waals surface area contributed by atoms with Crippen LogP contribution in [-0.4, -0.2) is 16.1 Å². The largest absolute Gasteiger partial charge is 0.468 e. The minimum atomic E-state index is -0.899. The second kappa shape index (κ2) is 7.49. The van der Waals surface area contributed by atoms with Crippen molar-refractivity contribution < 1.29 is 18.4 Å². The highest BCUT2D eigenvalue weighted by molar-refractivity contribution is 7.07. The van der Waals surface area contributed by atoms with Gasteiger partial charge < -0.3 is 19.3 Å². The molecule has 0 aromatic carbocycles. The Morgan fingerprint density at radius 1 is 1.29 bits per heavy atom. The molecule has 1 unspecified atom stereocenters. The molecule has 4 rings (SSSR count). The molecule has 31 heavy (non-hydrogen) atoms. The quantitative estimate of drug-likeness (QED) is 0.620. The molecular formula is C22H19N3O5S. The predicted octanol–water partition coefficient (Wildman–Crippen LogP) is 1.87. The molecule has 0 bridgehead atoms. The van der Waals surface area contributed by atoms with Crippen molar-refractivity contribution in [2.45, 2.75) is 32.3 Å². The van der Waals surface area contributed by atoms with Crippen LogP contribution in [0.4, 0.5) is 0 Å². The number of nitrogens with two attached hydrogens (primary N) is 1. The first kappa shape index (κ1) is 20.5. The van der Waals surface area contributed by atoms with E-state index in [1.54, 1.807) is 51.1 Å². The molecule has 2 N–H and O–H groups in total. The van der Waals surface area contributed by atoms with Gasteiger partial charge in [-0.25, -0.2) is 4.79 Å². The lowest BCUT2D eigenvalue weighted by atomic mass is 9.87. The number of nitriles is 1. The summed E-state index contributed by atoms with van der Waals surface area (Å²) in [6.07, 6.45) is 4.50. The van der Waals surface area contributed by atoms with Crippen molar-refractivity contribution in [3.05, 3.63) is 73.4 Å². The fourth-order valence-electron chi connectivity index (χ4n) is 3.33. The zero-order valence-electron chi connectivity index (χ0n) is 17.0. The monoisotopic (exact) mass is 437 g/mol. The highest BCUT2D eigenvalue weighted by atomic mass is 32.1. The second-order valence-corrected chi connectivity index (χ2v) is 8.88. The van der Waals surface area contributed by atoms with Crippen molar-refractivity contribution in [1.82, 2.24) is 4.57 Å². The second-order valence-electron chi connectivity index (χ2n) is 7.85. The fraction of sp³-hybridized carbons (Fsp3) is 0.227. The van der Waals surface area contributed by atoms with E-state index >= 15 is 0 Å². The average Bonchev–Trinajstić information content (AvgIpc) is 3.43. The van der Waals surface area contributed by atoms with Gasteiger partial charge in [0, 0.05) is 6.08 Å². The fourth-order valence-corrected chi connectivity index (χ4v) is 4.44. The van der Waals surface area contributed by atoms with Crippen molar-refractivity contribution in [2.24, 2.45) is 5.73 Å². The van der Waals surface area contributed by atoms with Crippen LogP contribution in [0.3, 0.4) is 0 Å². The lowest BCUT2D eigenvalue weighted by Gasteiger charge is -2.26. The minimum absolute atomic E-state index is 0.0154. The molecule has 0 amide bonds. The number of fused-ring (bicyclic) bond motifs is 1. The van der Waals surface area contributed by atoms with Crippen molar-refractivity contribution in [3.63, 3.8) is 0 Å². The molecule has 1 atom stereocenters. The van der Waals surface area contributed by atoms with Crippen molar-refractivity contribution in [2.75, 3.05) is 0 Å². The first-order chi connectivity index (χ1) is 14.7. The molecule has 9 heteroatoms. The number of nitrogens with zero attached hydrogens (tertiary/aromatic N) is 2. The first-order valence-electron chi connectivity index (χ1n) is 9.39. The number of esters is 1. The van der Waals surface area contributed by atoms with Gasteiger partial charge in [-0.15, -0.1) is 11.3 Å². The maximum atomic E-state index is 13.1. The number of ether oxygens (including phenoxy) is 1. The molecule has 0 spiro atoms. The summed E-state index contributed by atoms with van der Waals surface area (Å²) in [5.74, 6) is -0.884. The summed E-state index contributed by atoms with van der Waals surface area (Å²) < 4.78 is 18.2. The molecule has 0 radical (unpaired) electrons. The molecule has 4 heterocycles. The van der Waals surface area contributed by atoms with Gasteiger partial charge in [0.2, 0.25) is 0 Å². The molecule has 3 aromatic heterocycles. The Hall–Kier alpha value is -3.77. The van der Waals surface area contributed by atoms with Gasteiger partial charge in [0.25, 0.3) is 5.56 Å². The SMILES string of the molecule is CC(C)(C)OC(=O)C1=C(N)n2c(sc(=Cc3ccco3)c2=O)=C(C#N)C1c1ccco1. The molecule has 0 saturated heterocycles. The number of furan rings is 2. The molecule has 1 aliphatic heterocycles. The Bertz CT molecular complexity index is 1390. The number of carbonyl (C=O) groups excluding carboxylic acids is 1. The van der Waals surface area contributed by atoms with Gasteiger partial charge in [-0.3, -0.25) is 9.36 Å². The van der Waals surface area contributed by atoms with Crippen LogP contribution in [0, 0.1) is 11.3 Å². The van der Waals surface area contributed by atoms with Crippen LogP contribution in [0.15, 0.2) is 56.0 Å². The topological polar surface area (TPSA) is 124 Å². The zero-order chi connectivity index (χ0) is 22.3. The van der Waals surface area contributed by atoms with Crippen LogP contribution in [0.1, 0.15) is 38.2 Å². The third-order valence-electron chi connectivity index (χ3n) is 4.53. The van der Waals surface area contributed by atoms with Gasteiger partial charge in [-0.1, -0.05) is 0 Å². The van der Waals surface area contributed by atoms with E-state index in [9.17, 15) is 14.9 Å². The molecule has 1 aliphatic rings. The van der Waals surface area contributed by atoms with E-state index in [4.69, 9.17) is 19.3 Å². The molecule has 0 aliphatic carbocycles. The van der Waals surface area contributed by atoms with Crippen molar-refractivity contribution in [1.29, 1.82) is 5.26 Å². The third kappa shape index (κ3) is 3.62. The normalized spacial score (nSPS) is 16.9. The van der Waals surface area contributed by atoms with E-state index in [1.807, 2.05) is 0 Å². The van der Waals surface area contributed by atoms with Gasteiger partial charge >= 0.3 is 5.97 Å². The zero-order valence-corrected chi connectivity index (χ0v) is 17.9. The summed E-state index contributed by atoms with van der Waals surface area (Å²) in [6, 6.07) is 8.84. The van der Waals surface area contributed by atoms with Crippen molar-refractivity contribution >= 4 is 34.8 Å². The van der Waals surface area contributed by atoms with Crippen LogP contribution < -0.4 is 20.5 Å². The highest BCUT2D eigenvalue weighted by Crippen LogP contribution is 2.37. The third-order valence-corrected chi connectivity index (χ3v) is 5.64. The van der Waals surface area contributed by atoms with Crippen molar-refractivity contribution in [3.8, 4) is 6.07 Å². The van der Waals surface area contributed by atoms with E-state index in [2.05, 4.69) is 6.07 Å². The van der Waals surface area contributed by atoms with Gasteiger partial charge in [0.15, 0.2) is 0 Å². The predicted molar refractivity (Wildman–Crippen MR) is 114 cm³/mol. The van der Waals surface area contributed by atoms with Crippen LogP contribution in [0.2, 0.25) is 0 Å². The van der Waals surface area contributed by atoms with Crippen LogP contribution in [0.25, 0.3) is 17.5 Å². The Morgan fingerprint density at radius 3 is 2.58 bits per heavy atom. The van der Waals surface area contributed by atoms with Crippen LogP contribution >= 0.6 is 11.3 Å². The molecule has 0 saturated carbocycles. The Balaban J connectivity index is 2.05. The molecule has 158 valence electrons. The molecule has 8 nitrogen and oxygen atoms in total. The maximum Gasteiger partial charge on any atom is 0.339 e. The van der Waals surface area contributed by atoms with E-state index in [1.165, 1.54) is 17.1 Å². The number of thiazole rings is 1. The maximum absolute atomic E-state index is 13.1. The highest BCUT2D eigenvalue weighted by Gasteiger charge is 2.39. The average molecular weight is 437 g/mol. The van der Waals surface area contributed by atoms with Crippen LogP contribution in [-0.2, 0) is 9.53 Å². The van der Waals surface area contributed by atoms with Gasteiger partial charge in [-0.05, 0) is 45.0 Å². The van der Waals surface area contributed by atoms with E-state index in [0.717, 1.165) is 11.3 Å². The van der Waals surface area contributed by atoms with Gasteiger partial charge in [-0.2, -0.15) is 5.26 Å². The molecule has 3 aromatic rings. The number of aromatic nitrogens is 1. The Kier molecular flexibility index (Phi) is 4.95. The summed E-state index contributed by atoms with van der Waals surface area (Å²) in [7, 11) is 0. The molecule has 0 fully saturated rings. The number of carbonyl (C=O) groups is 1. The summed E-state index contributed by atoms with van der Waals surface area (Å²) >= 11 is 1.09. The smallest absolute Gasteiger partial charge is 0.339 e. The Labute approximate surface area is 180 Å². The summed E-state index contributed by atoms with van der Waals surface area (Å²) in [4.78, 5) is 26.3. The van der Waals surface area contributed by atoms with Gasteiger partial charge in [0.1, 0.15) is 27.6 Å². The Morgan fingerprint density at radius 2 is 2.00 bits per heavy atom. The van der Waals surface area contributed by atoms with E-state index in [-0.39, 0.29) is 17.0 Å². The number of rotatable bonds is 3. The van der Waals surface area contributed by atoms with E-state index < -0.39 is 23.0 Å². The lowest BCUT2D eigenvalue weighted by molar-refractivity contribution is -0.150. The minimum Gasteiger partial charge on any atom is -0.468 e. The van der Waals surface area contributed by atoms with Gasteiger partial charge in [0.05, 0.1) is 40.2 Å². The van der Waals surface area contributed by atoms with Crippen LogP contribution in [0.5, 0.6) is 0 Å². The standard InChI is InChI=1S/C22H19N3O5S/c1-22(2,3)30-21(27)17-16(14-7-5-9-29-14)13(11-23)20-25(18(17)24)19(26)15(31-20)10-12-6-4-8-28-12/h4-10,16H,24H2,1-3H3. The number of hydrogen-bond donors (Lipinski definition) is 1. The van der Waals surface area contributed by atoms with E-state index in [0.29, 0.717) is 20.7 Å². The lowest BCUT2D eigenvalue weighted by Crippen LogP contribution is -2.40. The molecular weight excluding hydrogens is 418 g/mol. The summed E-state index contributed by atoms with van der Waals surface area (Å²) in [5.41, 5.74) is 5.25.